The molecule has 0 aliphatic carbocycles. The van der Waals surface area contributed by atoms with Crippen LogP contribution in [-0.4, -0.2) is 17.2 Å². The Morgan fingerprint density at radius 3 is 3.00 bits per heavy atom. The van der Waals surface area contributed by atoms with Gasteiger partial charge in [0.25, 0.3) is 0 Å². The predicted octanol–water partition coefficient (Wildman–Crippen LogP) is 3.35. The van der Waals surface area contributed by atoms with Gasteiger partial charge in [-0.25, -0.2) is 4.79 Å². The third-order valence-electron chi connectivity index (χ3n) is 2.87. The second-order valence-corrected chi connectivity index (χ2v) is 4.22. The molecular weight excluding hydrogens is 216 g/mol. The fraction of sp³-hybridized carbons (Fsp3) is 0.357. The van der Waals surface area contributed by atoms with E-state index < -0.39 is 5.97 Å². The number of aromatic carboxylic acids is 1. The summed E-state index contributed by atoms with van der Waals surface area (Å²) in [7, 11) is 0. The summed E-state index contributed by atoms with van der Waals surface area (Å²) in [5, 5.41) is 8.89. The molecule has 0 aromatic heterocycles. The van der Waals surface area contributed by atoms with Gasteiger partial charge in [0.2, 0.25) is 0 Å². The van der Waals surface area contributed by atoms with Crippen LogP contribution in [0, 0.1) is 0 Å². The maximum Gasteiger partial charge on any atom is 0.335 e. The van der Waals surface area contributed by atoms with Crippen LogP contribution in [0.2, 0.25) is 0 Å². The number of carbonyl (C=O) groups is 1. The summed E-state index contributed by atoms with van der Waals surface area (Å²) < 4.78 is 5.79. The molecule has 2 rings (SSSR count). The van der Waals surface area contributed by atoms with Crippen molar-refractivity contribution in [3.63, 3.8) is 0 Å². The molecule has 1 heterocycles. The molecule has 0 spiro atoms. The summed E-state index contributed by atoms with van der Waals surface area (Å²) in [6.07, 6.45) is 7.37. The monoisotopic (exact) mass is 232 g/mol. The zero-order valence-electron chi connectivity index (χ0n) is 9.85. The smallest absolute Gasteiger partial charge is 0.335 e. The Labute approximate surface area is 101 Å². The Morgan fingerprint density at radius 1 is 1.47 bits per heavy atom. The summed E-state index contributed by atoms with van der Waals surface area (Å²) in [5.74, 6) is -0.132. The van der Waals surface area contributed by atoms with E-state index in [4.69, 9.17) is 9.84 Å². The van der Waals surface area contributed by atoms with Gasteiger partial charge < -0.3 is 9.84 Å². The highest BCUT2D eigenvalue weighted by atomic mass is 16.5. The molecule has 17 heavy (non-hydrogen) atoms. The quantitative estimate of drug-likeness (QED) is 0.865. The number of rotatable bonds is 4. The van der Waals surface area contributed by atoms with Gasteiger partial charge >= 0.3 is 5.97 Å². The van der Waals surface area contributed by atoms with Crippen molar-refractivity contribution in [2.24, 2.45) is 0 Å². The first-order valence-corrected chi connectivity index (χ1v) is 5.93. The molecule has 1 atom stereocenters. The van der Waals surface area contributed by atoms with Crippen LogP contribution in [0.15, 0.2) is 24.3 Å². The van der Waals surface area contributed by atoms with Crippen LogP contribution < -0.4 is 4.74 Å². The maximum atomic E-state index is 10.8. The second kappa shape index (κ2) is 5.04. The van der Waals surface area contributed by atoms with Gasteiger partial charge in [0, 0.05) is 5.56 Å². The molecule has 0 saturated heterocycles. The summed E-state index contributed by atoms with van der Waals surface area (Å²) in [6, 6.07) is 4.96. The van der Waals surface area contributed by atoms with Gasteiger partial charge in [0.1, 0.15) is 11.9 Å². The average molecular weight is 232 g/mol. The van der Waals surface area contributed by atoms with Crippen LogP contribution in [0.4, 0.5) is 0 Å². The Hall–Kier alpha value is -1.77. The van der Waals surface area contributed by atoms with Crippen LogP contribution in [0.5, 0.6) is 5.75 Å². The van der Waals surface area contributed by atoms with Crippen LogP contribution in [0.3, 0.4) is 0 Å². The van der Waals surface area contributed by atoms with Crippen LogP contribution in [0.25, 0.3) is 6.08 Å². The lowest BCUT2D eigenvalue weighted by atomic mass is 10.0. The third kappa shape index (κ3) is 2.67. The molecule has 1 N–H and O–H groups in total. The van der Waals surface area contributed by atoms with Crippen molar-refractivity contribution in [2.75, 3.05) is 0 Å². The van der Waals surface area contributed by atoms with E-state index in [0.29, 0.717) is 5.56 Å². The van der Waals surface area contributed by atoms with E-state index in [2.05, 4.69) is 6.92 Å². The fourth-order valence-corrected chi connectivity index (χ4v) is 1.89. The lowest BCUT2D eigenvalue weighted by molar-refractivity contribution is 0.0697. The number of carboxylic acid groups (broad SMARTS) is 1. The first-order valence-electron chi connectivity index (χ1n) is 5.93. The van der Waals surface area contributed by atoms with E-state index in [-0.39, 0.29) is 6.10 Å². The van der Waals surface area contributed by atoms with Gasteiger partial charge in [-0.15, -0.1) is 0 Å². The summed E-state index contributed by atoms with van der Waals surface area (Å²) in [6.45, 7) is 2.15. The maximum absolute atomic E-state index is 10.8. The number of hydrogen-bond acceptors (Lipinski definition) is 2. The Bertz CT molecular complexity index is 449. The summed E-state index contributed by atoms with van der Waals surface area (Å²) >= 11 is 0. The minimum atomic E-state index is -0.908. The van der Waals surface area contributed by atoms with Crippen molar-refractivity contribution in [1.82, 2.24) is 0 Å². The number of carboxylic acids is 1. The average Bonchev–Trinajstić information content (AvgIpc) is 2.35. The molecule has 3 heteroatoms. The van der Waals surface area contributed by atoms with Gasteiger partial charge in [-0.3, -0.25) is 0 Å². The van der Waals surface area contributed by atoms with E-state index in [1.807, 2.05) is 12.2 Å². The molecule has 0 bridgehead atoms. The third-order valence-corrected chi connectivity index (χ3v) is 2.87. The Kier molecular flexibility index (Phi) is 3.47. The molecule has 1 aromatic carbocycles. The van der Waals surface area contributed by atoms with E-state index in [0.717, 1.165) is 30.6 Å². The van der Waals surface area contributed by atoms with E-state index in [1.165, 1.54) is 0 Å². The van der Waals surface area contributed by atoms with Crippen molar-refractivity contribution >= 4 is 12.0 Å². The predicted molar refractivity (Wildman–Crippen MR) is 66.4 cm³/mol. The van der Waals surface area contributed by atoms with Gasteiger partial charge in [0.15, 0.2) is 0 Å². The van der Waals surface area contributed by atoms with Gasteiger partial charge in [-0.05, 0) is 37.1 Å². The van der Waals surface area contributed by atoms with Gasteiger partial charge in [-0.2, -0.15) is 0 Å². The molecule has 3 nitrogen and oxygen atoms in total. The van der Waals surface area contributed by atoms with Gasteiger partial charge in [-0.1, -0.05) is 19.4 Å². The molecule has 1 aromatic rings. The highest BCUT2D eigenvalue weighted by Crippen LogP contribution is 2.28. The number of ether oxygens (including phenoxy) is 1. The zero-order valence-corrected chi connectivity index (χ0v) is 9.85. The largest absolute Gasteiger partial charge is 0.486 e. The summed E-state index contributed by atoms with van der Waals surface area (Å²) in [4.78, 5) is 10.8. The molecule has 1 aliphatic heterocycles. The minimum Gasteiger partial charge on any atom is -0.486 e. The zero-order chi connectivity index (χ0) is 12.3. The lowest BCUT2D eigenvalue weighted by Gasteiger charge is -2.21. The number of hydrogen-bond donors (Lipinski definition) is 1. The number of unbranched alkanes of at least 4 members (excludes halogenated alkanes) is 1. The van der Waals surface area contributed by atoms with Crippen molar-refractivity contribution < 1.29 is 14.6 Å². The normalized spacial score (nSPS) is 17.4. The standard InChI is InChI=1S/C14H16O3/c1-2-3-4-12-7-5-10-9-11(14(15)16)6-8-13(10)17-12/h5-9,12H,2-4H2,1H3,(H,15,16). The first-order chi connectivity index (χ1) is 8.20. The number of fused-ring (bicyclic) bond motifs is 1. The van der Waals surface area contributed by atoms with E-state index >= 15 is 0 Å². The molecule has 0 saturated carbocycles. The Morgan fingerprint density at radius 2 is 2.29 bits per heavy atom. The van der Waals surface area contributed by atoms with Crippen LogP contribution in [-0.2, 0) is 0 Å². The fourth-order valence-electron chi connectivity index (χ4n) is 1.89. The SMILES string of the molecule is CCCCC1C=Cc2cc(C(=O)O)ccc2O1. The van der Waals surface area contributed by atoms with Crippen molar-refractivity contribution in [3.05, 3.63) is 35.4 Å². The lowest BCUT2D eigenvalue weighted by Crippen LogP contribution is -2.16. The topological polar surface area (TPSA) is 46.5 Å². The van der Waals surface area contributed by atoms with E-state index in [9.17, 15) is 4.79 Å². The van der Waals surface area contributed by atoms with Crippen molar-refractivity contribution in [3.8, 4) is 5.75 Å². The van der Waals surface area contributed by atoms with Crippen LogP contribution >= 0.6 is 0 Å². The first kappa shape index (κ1) is 11.7. The molecule has 0 fully saturated rings. The second-order valence-electron chi connectivity index (χ2n) is 4.22. The van der Waals surface area contributed by atoms with Crippen molar-refractivity contribution in [2.45, 2.75) is 32.3 Å². The Balaban J connectivity index is 2.15. The molecule has 0 radical (unpaired) electrons. The molecule has 0 amide bonds. The highest BCUT2D eigenvalue weighted by molar-refractivity contribution is 5.89. The number of benzene rings is 1. The molecule has 90 valence electrons. The summed E-state index contributed by atoms with van der Waals surface area (Å²) in [5.41, 5.74) is 1.14. The van der Waals surface area contributed by atoms with Crippen molar-refractivity contribution in [1.29, 1.82) is 0 Å². The minimum absolute atomic E-state index is 0.123. The molecule has 1 aliphatic rings. The highest BCUT2D eigenvalue weighted by Gasteiger charge is 2.15. The van der Waals surface area contributed by atoms with Crippen LogP contribution in [0.1, 0.15) is 42.1 Å². The van der Waals surface area contributed by atoms with E-state index in [1.54, 1.807) is 18.2 Å². The van der Waals surface area contributed by atoms with Gasteiger partial charge in [0.05, 0.1) is 5.56 Å². The molecule has 1 unspecified atom stereocenters. The molecular formula is C14H16O3.